The highest BCUT2D eigenvalue weighted by Crippen LogP contribution is 2.25. The molecule has 0 spiro atoms. The Balaban J connectivity index is 1.36. The first-order valence-corrected chi connectivity index (χ1v) is 10.3. The van der Waals surface area contributed by atoms with Crippen LogP contribution in [-0.2, 0) is 17.9 Å². The highest BCUT2D eigenvalue weighted by molar-refractivity contribution is 8.01. The van der Waals surface area contributed by atoms with Crippen molar-refractivity contribution in [3.63, 3.8) is 0 Å². The third-order valence-corrected chi connectivity index (χ3v) is 5.58. The van der Waals surface area contributed by atoms with Crippen molar-refractivity contribution in [3.8, 4) is 0 Å². The summed E-state index contributed by atoms with van der Waals surface area (Å²) in [6.07, 6.45) is 0. The van der Waals surface area contributed by atoms with E-state index in [1.165, 1.54) is 23.1 Å². The highest BCUT2D eigenvalue weighted by Gasteiger charge is 2.11. The Labute approximate surface area is 171 Å². The first-order valence-electron chi connectivity index (χ1n) is 8.55. The van der Waals surface area contributed by atoms with Crippen molar-refractivity contribution in [1.29, 1.82) is 0 Å². The number of hydrogen-bond acceptors (Lipinski definition) is 7. The van der Waals surface area contributed by atoms with Crippen molar-refractivity contribution in [1.82, 2.24) is 20.8 Å². The molecule has 7 nitrogen and oxygen atoms in total. The molecule has 0 aliphatic heterocycles. The van der Waals surface area contributed by atoms with Crippen LogP contribution in [-0.4, -0.2) is 27.9 Å². The van der Waals surface area contributed by atoms with Gasteiger partial charge < -0.3 is 10.6 Å². The zero-order valence-corrected chi connectivity index (χ0v) is 16.6. The number of carbonyl (C=O) groups excluding carboxylic acids is 2. The molecule has 0 bridgehead atoms. The van der Waals surface area contributed by atoms with Gasteiger partial charge in [0.15, 0.2) is 4.34 Å². The SMILES string of the molecule is O=C(CSc1nnc(NCc2ccccc2)s1)NC(=O)NCc1ccccc1. The average molecular weight is 414 g/mol. The lowest BCUT2D eigenvalue weighted by Gasteiger charge is -2.06. The van der Waals surface area contributed by atoms with Crippen molar-refractivity contribution in [2.75, 3.05) is 11.1 Å². The van der Waals surface area contributed by atoms with Gasteiger partial charge in [0.1, 0.15) is 0 Å². The molecule has 9 heteroatoms. The molecule has 0 saturated carbocycles. The fraction of sp³-hybridized carbons (Fsp3) is 0.158. The normalized spacial score (nSPS) is 10.3. The largest absolute Gasteiger partial charge is 0.356 e. The summed E-state index contributed by atoms with van der Waals surface area (Å²) in [7, 11) is 0. The molecule has 3 amide bonds. The predicted octanol–water partition coefficient (Wildman–Crippen LogP) is 3.27. The molecule has 3 aromatic rings. The van der Waals surface area contributed by atoms with E-state index >= 15 is 0 Å². The minimum absolute atomic E-state index is 0.0894. The molecule has 0 aliphatic rings. The summed E-state index contributed by atoms with van der Waals surface area (Å²) in [5, 5.41) is 16.9. The molecule has 3 rings (SSSR count). The van der Waals surface area contributed by atoms with Crippen LogP contribution in [0.4, 0.5) is 9.93 Å². The number of aromatic nitrogens is 2. The molecule has 1 heterocycles. The summed E-state index contributed by atoms with van der Waals surface area (Å²) >= 11 is 2.61. The van der Waals surface area contributed by atoms with Gasteiger partial charge in [-0.15, -0.1) is 10.2 Å². The number of nitrogens with one attached hydrogen (secondary N) is 3. The minimum Gasteiger partial charge on any atom is -0.356 e. The van der Waals surface area contributed by atoms with Crippen LogP contribution in [0.15, 0.2) is 65.0 Å². The Kier molecular flexibility index (Phi) is 7.39. The van der Waals surface area contributed by atoms with E-state index < -0.39 is 6.03 Å². The summed E-state index contributed by atoms with van der Waals surface area (Å²) in [6.45, 7) is 1.02. The van der Waals surface area contributed by atoms with Gasteiger partial charge in [0.2, 0.25) is 11.0 Å². The zero-order valence-electron chi connectivity index (χ0n) is 14.9. The molecule has 3 N–H and O–H groups in total. The number of anilines is 1. The van der Waals surface area contributed by atoms with Gasteiger partial charge in [0.05, 0.1) is 5.75 Å². The van der Waals surface area contributed by atoms with Gasteiger partial charge in [-0.1, -0.05) is 83.8 Å². The van der Waals surface area contributed by atoms with Crippen LogP contribution < -0.4 is 16.0 Å². The number of rotatable bonds is 8. The Morgan fingerprint density at radius 2 is 1.54 bits per heavy atom. The molecule has 0 atom stereocenters. The van der Waals surface area contributed by atoms with Crippen LogP contribution in [0.5, 0.6) is 0 Å². The van der Waals surface area contributed by atoms with Crippen LogP contribution in [0, 0.1) is 0 Å². The summed E-state index contributed by atoms with van der Waals surface area (Å²) in [4.78, 5) is 23.7. The third kappa shape index (κ3) is 6.67. The van der Waals surface area contributed by atoms with E-state index in [1.54, 1.807) is 0 Å². The molecule has 0 saturated heterocycles. The second-order valence-electron chi connectivity index (χ2n) is 5.72. The molecule has 0 radical (unpaired) electrons. The fourth-order valence-electron chi connectivity index (χ4n) is 2.23. The summed E-state index contributed by atoms with van der Waals surface area (Å²) in [5.74, 6) is -0.295. The van der Waals surface area contributed by atoms with Crippen LogP contribution in [0.1, 0.15) is 11.1 Å². The maximum atomic E-state index is 11.9. The first kappa shape index (κ1) is 19.8. The van der Waals surface area contributed by atoms with Gasteiger partial charge in [0.25, 0.3) is 0 Å². The molecule has 0 fully saturated rings. The van der Waals surface area contributed by atoms with E-state index in [1.807, 2.05) is 60.7 Å². The Bertz CT molecular complexity index is 903. The average Bonchev–Trinajstić information content (AvgIpc) is 3.19. The zero-order chi connectivity index (χ0) is 19.6. The van der Waals surface area contributed by atoms with Crippen LogP contribution in [0.3, 0.4) is 0 Å². The molecule has 28 heavy (non-hydrogen) atoms. The standard InChI is InChI=1S/C19H19N5O2S2/c25-16(22-17(26)20-11-14-7-3-1-4-8-14)13-27-19-24-23-18(28-19)21-12-15-9-5-2-6-10-15/h1-10H,11-13H2,(H,21,23)(H2,20,22,25,26). The maximum Gasteiger partial charge on any atom is 0.321 e. The molecular formula is C19H19N5O2S2. The van der Waals surface area contributed by atoms with E-state index in [4.69, 9.17) is 0 Å². The van der Waals surface area contributed by atoms with Crippen molar-refractivity contribution in [2.45, 2.75) is 17.4 Å². The predicted molar refractivity (Wildman–Crippen MR) is 111 cm³/mol. The van der Waals surface area contributed by atoms with E-state index in [-0.39, 0.29) is 11.7 Å². The first-order chi connectivity index (χ1) is 13.7. The second-order valence-corrected chi connectivity index (χ2v) is 7.92. The van der Waals surface area contributed by atoms with Crippen molar-refractivity contribution < 1.29 is 9.59 Å². The molecule has 144 valence electrons. The van der Waals surface area contributed by atoms with Crippen LogP contribution >= 0.6 is 23.1 Å². The quantitative estimate of drug-likeness (QED) is 0.491. The van der Waals surface area contributed by atoms with Gasteiger partial charge in [-0.2, -0.15) is 0 Å². The maximum absolute atomic E-state index is 11.9. The lowest BCUT2D eigenvalue weighted by atomic mass is 10.2. The smallest absolute Gasteiger partial charge is 0.321 e. The molecule has 0 aliphatic carbocycles. The molecule has 0 unspecified atom stereocenters. The van der Waals surface area contributed by atoms with Gasteiger partial charge in [0, 0.05) is 13.1 Å². The van der Waals surface area contributed by atoms with E-state index in [2.05, 4.69) is 26.1 Å². The van der Waals surface area contributed by atoms with E-state index in [9.17, 15) is 9.59 Å². The van der Waals surface area contributed by atoms with Gasteiger partial charge >= 0.3 is 6.03 Å². The topological polar surface area (TPSA) is 96.0 Å². The number of imide groups is 1. The van der Waals surface area contributed by atoms with Crippen molar-refractivity contribution in [3.05, 3.63) is 71.8 Å². The lowest BCUT2D eigenvalue weighted by Crippen LogP contribution is -2.39. The number of carbonyl (C=O) groups is 2. The minimum atomic E-state index is -0.517. The van der Waals surface area contributed by atoms with Gasteiger partial charge in [-0.25, -0.2) is 4.79 Å². The fourth-order valence-corrected chi connectivity index (χ4v) is 3.77. The summed E-state index contributed by atoms with van der Waals surface area (Å²) in [5.41, 5.74) is 2.11. The van der Waals surface area contributed by atoms with Crippen LogP contribution in [0.25, 0.3) is 0 Å². The highest BCUT2D eigenvalue weighted by atomic mass is 32.2. The third-order valence-electron chi connectivity index (χ3n) is 3.57. The van der Waals surface area contributed by atoms with Crippen molar-refractivity contribution in [2.24, 2.45) is 0 Å². The Morgan fingerprint density at radius 3 is 2.21 bits per heavy atom. The van der Waals surface area contributed by atoms with E-state index in [0.717, 1.165) is 11.1 Å². The molecular weight excluding hydrogens is 394 g/mol. The monoisotopic (exact) mass is 413 g/mol. The Morgan fingerprint density at radius 1 is 0.893 bits per heavy atom. The Hall–Kier alpha value is -2.91. The lowest BCUT2D eigenvalue weighted by molar-refractivity contribution is -0.117. The number of thioether (sulfide) groups is 1. The number of amides is 3. The molecule has 2 aromatic carbocycles. The number of hydrogen-bond donors (Lipinski definition) is 3. The van der Waals surface area contributed by atoms with Crippen LogP contribution in [0.2, 0.25) is 0 Å². The summed E-state index contributed by atoms with van der Waals surface area (Å²) < 4.78 is 0.662. The van der Waals surface area contributed by atoms with E-state index in [0.29, 0.717) is 22.6 Å². The number of urea groups is 1. The number of benzene rings is 2. The summed E-state index contributed by atoms with van der Waals surface area (Å²) in [6, 6.07) is 18.9. The van der Waals surface area contributed by atoms with Crippen molar-refractivity contribution >= 4 is 40.2 Å². The molecule has 1 aromatic heterocycles. The number of nitrogens with zero attached hydrogens (tertiary/aromatic N) is 2. The van der Waals surface area contributed by atoms with Gasteiger partial charge in [-0.05, 0) is 11.1 Å². The van der Waals surface area contributed by atoms with Gasteiger partial charge in [-0.3, -0.25) is 10.1 Å². The second kappa shape index (κ2) is 10.4.